The van der Waals surface area contributed by atoms with E-state index in [0.29, 0.717) is 18.9 Å². The summed E-state index contributed by atoms with van der Waals surface area (Å²) < 4.78 is 25.8. The highest BCUT2D eigenvalue weighted by Gasteiger charge is 2.11. The molecule has 0 aromatic heterocycles. The molecule has 1 aromatic carbocycles. The van der Waals surface area contributed by atoms with Crippen LogP contribution in [-0.2, 0) is 0 Å². The molecule has 7 heteroatoms. The van der Waals surface area contributed by atoms with E-state index < -0.39 is 17.5 Å². The SMILES string of the molecule is NC(CCCNC(=O)c1ccc(F)cc1F)=NO. The topological polar surface area (TPSA) is 87.7 Å². The Kier molecular flexibility index (Phi) is 5.04. The second kappa shape index (κ2) is 6.53. The van der Waals surface area contributed by atoms with Gasteiger partial charge in [0.25, 0.3) is 5.91 Å². The molecule has 0 saturated carbocycles. The number of nitrogens with zero attached hydrogens (tertiary/aromatic N) is 1. The third-order valence-electron chi connectivity index (χ3n) is 2.20. The van der Waals surface area contributed by atoms with Crippen molar-refractivity contribution in [1.29, 1.82) is 0 Å². The fourth-order valence-corrected chi connectivity index (χ4v) is 1.29. The van der Waals surface area contributed by atoms with Crippen LogP contribution in [0.2, 0.25) is 0 Å². The normalized spacial score (nSPS) is 11.3. The number of nitrogens with two attached hydrogens (primary N) is 1. The largest absolute Gasteiger partial charge is 0.409 e. The monoisotopic (exact) mass is 257 g/mol. The number of halogens is 2. The first kappa shape index (κ1) is 13.9. The highest BCUT2D eigenvalue weighted by atomic mass is 19.1. The average molecular weight is 257 g/mol. The zero-order valence-corrected chi connectivity index (χ0v) is 9.49. The van der Waals surface area contributed by atoms with Crippen molar-refractivity contribution >= 4 is 11.7 Å². The first-order chi connectivity index (χ1) is 8.54. The molecule has 0 aliphatic rings. The fourth-order valence-electron chi connectivity index (χ4n) is 1.29. The summed E-state index contributed by atoms with van der Waals surface area (Å²) in [5, 5.41) is 13.5. The highest BCUT2D eigenvalue weighted by molar-refractivity contribution is 5.94. The maximum atomic E-state index is 13.2. The summed E-state index contributed by atoms with van der Waals surface area (Å²) in [6.07, 6.45) is 0.757. The van der Waals surface area contributed by atoms with E-state index in [2.05, 4.69) is 10.5 Å². The molecule has 0 aliphatic heterocycles. The molecule has 0 saturated heterocycles. The van der Waals surface area contributed by atoms with Crippen molar-refractivity contribution < 1.29 is 18.8 Å². The minimum atomic E-state index is -0.913. The summed E-state index contributed by atoms with van der Waals surface area (Å²) >= 11 is 0. The van der Waals surface area contributed by atoms with Crippen molar-refractivity contribution in [3.05, 3.63) is 35.4 Å². The van der Waals surface area contributed by atoms with Crippen molar-refractivity contribution in [1.82, 2.24) is 5.32 Å². The zero-order valence-electron chi connectivity index (χ0n) is 9.49. The van der Waals surface area contributed by atoms with Gasteiger partial charge in [0, 0.05) is 19.0 Å². The summed E-state index contributed by atoms with van der Waals surface area (Å²) in [4.78, 5) is 11.5. The molecule has 0 bridgehead atoms. The van der Waals surface area contributed by atoms with Crippen molar-refractivity contribution in [3.63, 3.8) is 0 Å². The first-order valence-electron chi connectivity index (χ1n) is 5.24. The van der Waals surface area contributed by atoms with Gasteiger partial charge in [0.2, 0.25) is 0 Å². The van der Waals surface area contributed by atoms with Gasteiger partial charge < -0.3 is 16.3 Å². The van der Waals surface area contributed by atoms with Crippen molar-refractivity contribution in [2.75, 3.05) is 6.54 Å². The average Bonchev–Trinajstić information content (AvgIpc) is 2.34. The van der Waals surface area contributed by atoms with Crippen LogP contribution in [0.25, 0.3) is 0 Å². The molecule has 0 aliphatic carbocycles. The van der Waals surface area contributed by atoms with E-state index >= 15 is 0 Å². The third-order valence-corrected chi connectivity index (χ3v) is 2.20. The lowest BCUT2D eigenvalue weighted by molar-refractivity contribution is 0.0949. The van der Waals surface area contributed by atoms with Gasteiger partial charge in [-0.2, -0.15) is 0 Å². The number of oxime groups is 1. The number of nitrogens with one attached hydrogen (secondary N) is 1. The summed E-state index contributed by atoms with van der Waals surface area (Å²) in [6, 6.07) is 2.73. The minimum Gasteiger partial charge on any atom is -0.409 e. The van der Waals surface area contributed by atoms with Gasteiger partial charge in [-0.15, -0.1) is 0 Å². The number of amides is 1. The molecule has 0 radical (unpaired) electrons. The molecule has 0 heterocycles. The number of hydrogen-bond donors (Lipinski definition) is 3. The molecule has 98 valence electrons. The Balaban J connectivity index is 2.46. The molecule has 5 nitrogen and oxygen atoms in total. The van der Waals surface area contributed by atoms with Gasteiger partial charge in [-0.05, 0) is 18.6 Å². The van der Waals surface area contributed by atoms with Crippen LogP contribution in [-0.4, -0.2) is 23.5 Å². The van der Waals surface area contributed by atoms with E-state index in [1.54, 1.807) is 0 Å². The maximum absolute atomic E-state index is 13.2. The van der Waals surface area contributed by atoms with Crippen molar-refractivity contribution in [3.8, 4) is 0 Å². The Morgan fingerprint density at radius 2 is 2.17 bits per heavy atom. The molecule has 0 atom stereocenters. The van der Waals surface area contributed by atoms with Crippen LogP contribution in [0.15, 0.2) is 23.4 Å². The van der Waals surface area contributed by atoms with E-state index in [-0.39, 0.29) is 17.9 Å². The van der Waals surface area contributed by atoms with Crippen molar-refractivity contribution in [2.24, 2.45) is 10.9 Å². The highest BCUT2D eigenvalue weighted by Crippen LogP contribution is 2.09. The molecule has 1 aromatic rings. The first-order valence-corrected chi connectivity index (χ1v) is 5.24. The zero-order chi connectivity index (χ0) is 13.5. The number of carbonyl (C=O) groups excluding carboxylic acids is 1. The molecule has 1 rings (SSSR count). The maximum Gasteiger partial charge on any atom is 0.254 e. The van der Waals surface area contributed by atoms with Crippen molar-refractivity contribution in [2.45, 2.75) is 12.8 Å². The number of hydrogen-bond acceptors (Lipinski definition) is 3. The standard InChI is InChI=1S/C11H13F2N3O2/c12-7-3-4-8(9(13)6-7)11(17)15-5-1-2-10(14)16-18/h3-4,6,18H,1-2,5H2,(H2,14,16)(H,15,17). The van der Waals surface area contributed by atoms with E-state index in [1.807, 2.05) is 0 Å². The predicted molar refractivity (Wildman–Crippen MR) is 61.3 cm³/mol. The number of carbonyl (C=O) groups is 1. The molecule has 18 heavy (non-hydrogen) atoms. The smallest absolute Gasteiger partial charge is 0.254 e. The lowest BCUT2D eigenvalue weighted by Gasteiger charge is -2.05. The number of amidine groups is 1. The number of benzene rings is 1. The van der Waals surface area contributed by atoms with Crippen LogP contribution in [0, 0.1) is 11.6 Å². The van der Waals surface area contributed by atoms with Crippen LogP contribution in [0.5, 0.6) is 0 Å². The number of rotatable bonds is 5. The van der Waals surface area contributed by atoms with Gasteiger partial charge in [0.05, 0.1) is 5.56 Å². The minimum absolute atomic E-state index is 0.0530. The van der Waals surface area contributed by atoms with Gasteiger partial charge in [0.15, 0.2) is 0 Å². The van der Waals surface area contributed by atoms with E-state index in [0.717, 1.165) is 12.1 Å². The van der Waals surface area contributed by atoms with Gasteiger partial charge in [0.1, 0.15) is 17.5 Å². The summed E-state index contributed by atoms with van der Waals surface area (Å²) in [7, 11) is 0. The molecule has 4 N–H and O–H groups in total. The van der Waals surface area contributed by atoms with Gasteiger partial charge in [-0.1, -0.05) is 5.16 Å². The van der Waals surface area contributed by atoms with Gasteiger partial charge in [-0.25, -0.2) is 8.78 Å². The Morgan fingerprint density at radius 3 is 2.78 bits per heavy atom. The van der Waals surface area contributed by atoms with Gasteiger partial charge >= 0.3 is 0 Å². The third kappa shape index (κ3) is 4.00. The summed E-state index contributed by atoms with van der Waals surface area (Å²) in [5.74, 6) is -2.23. The van der Waals surface area contributed by atoms with E-state index in [1.165, 1.54) is 0 Å². The molecular weight excluding hydrogens is 244 g/mol. The Labute approximate surface area is 102 Å². The summed E-state index contributed by atoms with van der Waals surface area (Å²) in [5.41, 5.74) is 5.01. The van der Waals surface area contributed by atoms with Crippen LogP contribution < -0.4 is 11.1 Å². The van der Waals surface area contributed by atoms with Crippen LogP contribution in [0.3, 0.4) is 0 Å². The predicted octanol–water partition coefficient (Wildman–Crippen LogP) is 1.22. The lowest BCUT2D eigenvalue weighted by atomic mass is 10.2. The molecule has 0 spiro atoms. The fraction of sp³-hybridized carbons (Fsp3) is 0.273. The van der Waals surface area contributed by atoms with Crippen LogP contribution in [0.1, 0.15) is 23.2 Å². The Morgan fingerprint density at radius 1 is 1.44 bits per heavy atom. The van der Waals surface area contributed by atoms with Crippen LogP contribution >= 0.6 is 0 Å². The second-order valence-corrected chi connectivity index (χ2v) is 3.57. The molecular formula is C11H13F2N3O2. The molecule has 1 amide bonds. The van der Waals surface area contributed by atoms with Gasteiger partial charge in [-0.3, -0.25) is 4.79 Å². The van der Waals surface area contributed by atoms with Crippen LogP contribution in [0.4, 0.5) is 8.78 Å². The molecule has 0 fully saturated rings. The summed E-state index contributed by atoms with van der Waals surface area (Å²) in [6.45, 7) is 0.242. The second-order valence-electron chi connectivity index (χ2n) is 3.57. The Bertz CT molecular complexity index is 464. The van der Waals surface area contributed by atoms with E-state index in [4.69, 9.17) is 10.9 Å². The Hall–Kier alpha value is -2.18. The quantitative estimate of drug-likeness (QED) is 0.244. The van der Waals surface area contributed by atoms with E-state index in [9.17, 15) is 13.6 Å². The lowest BCUT2D eigenvalue weighted by Crippen LogP contribution is -2.26. The molecule has 0 unspecified atom stereocenters.